The van der Waals surface area contributed by atoms with Crippen LogP contribution in [0.5, 0.6) is 0 Å². The number of sulfone groups is 3. The Bertz CT molecular complexity index is 4820. The van der Waals surface area contributed by atoms with Gasteiger partial charge in [-0.05, 0) is 94.2 Å². The van der Waals surface area contributed by atoms with E-state index in [2.05, 4.69) is 60.2 Å². The minimum atomic E-state index is -3.58. The first kappa shape index (κ1) is 100. The predicted molar refractivity (Wildman–Crippen MR) is 449 cm³/mol. The molecule has 0 aromatic carbocycles. The second-order valence-electron chi connectivity index (χ2n) is 27.0. The Balaban J connectivity index is 0.000000326. The first-order valence-corrected chi connectivity index (χ1v) is 45.3. The topological polar surface area (TPSA) is 503 Å². The van der Waals surface area contributed by atoms with Gasteiger partial charge in [-0.1, -0.05) is 111 Å². The van der Waals surface area contributed by atoms with Crippen LogP contribution in [-0.4, -0.2) is 183 Å². The SMILES string of the molecule is C.C.CCOC(OCC)OCC.COC(=O)c1ccc(NC(=O)C(CC2CCCCC2)NC(=O)c2scc(S(C)(=O)=O)c2N)nc1.COC(=O)c1ccc(NC(=O)C(CC2CCCCC2)n2cnc3c(S(C)(=O)=O)csc3c2=O)nc1.COC(=O)c1ccc(NC(=O)C(N)CC2CCCCC2)nc1.COC(=O)c1scc(S(C)(=O)=O)c1N. The van der Waals surface area contributed by atoms with Crippen LogP contribution < -0.4 is 44.0 Å². The number of methoxy groups -OCH3 is 4. The lowest BCUT2D eigenvalue weighted by Crippen LogP contribution is -2.45. The number of carbonyl (C=O) groups is 8. The van der Waals surface area contributed by atoms with Gasteiger partial charge in [-0.2, -0.15) is 0 Å². The van der Waals surface area contributed by atoms with Crippen molar-refractivity contribution < 1.29 is 96.8 Å². The summed E-state index contributed by atoms with van der Waals surface area (Å²) < 4.78 is 105. The zero-order chi connectivity index (χ0) is 84.7. The van der Waals surface area contributed by atoms with Crippen LogP contribution in [-0.2, 0) is 77.1 Å². The zero-order valence-corrected chi connectivity index (χ0v) is 70.7. The average molecular weight is 1750 g/mol. The number of rotatable bonds is 28. The number of amides is 4. The van der Waals surface area contributed by atoms with Gasteiger partial charge < -0.3 is 71.6 Å². The summed E-state index contributed by atoms with van der Waals surface area (Å²) in [5.41, 5.74) is 17.7. The van der Waals surface area contributed by atoms with Gasteiger partial charge in [0.2, 0.25) is 17.7 Å². The number of nitrogens with zero attached hydrogens (tertiary/aromatic N) is 5. The maximum Gasteiger partial charge on any atom is 0.350 e. The number of esters is 4. The van der Waals surface area contributed by atoms with Crippen molar-refractivity contribution >= 4 is 150 Å². The molecule has 3 unspecified atom stereocenters. The van der Waals surface area contributed by atoms with Crippen LogP contribution in [0.3, 0.4) is 0 Å². The highest BCUT2D eigenvalue weighted by Crippen LogP contribution is 2.35. The Kier molecular flexibility index (Phi) is 41.6. The molecule has 3 aliphatic carbocycles. The van der Waals surface area contributed by atoms with Gasteiger partial charge in [-0.3, -0.25) is 28.5 Å². The molecular formula is C77H110N12O22S6. The van der Waals surface area contributed by atoms with E-state index in [4.69, 9.17) is 31.4 Å². The van der Waals surface area contributed by atoms with Crippen molar-refractivity contribution in [2.75, 3.05) is 94.4 Å². The van der Waals surface area contributed by atoms with Crippen molar-refractivity contribution in [2.45, 2.75) is 190 Å². The number of pyridine rings is 3. The van der Waals surface area contributed by atoms with Crippen LogP contribution in [0, 0.1) is 17.8 Å². The van der Waals surface area contributed by atoms with Gasteiger partial charge in [0.1, 0.15) is 64.2 Å². The number of thiophene rings is 3. The van der Waals surface area contributed by atoms with E-state index >= 15 is 0 Å². The van der Waals surface area contributed by atoms with Crippen molar-refractivity contribution in [2.24, 2.45) is 23.5 Å². The third kappa shape index (κ3) is 30.6. The summed E-state index contributed by atoms with van der Waals surface area (Å²) in [6, 6.07) is 6.80. The number of ether oxygens (including phenoxy) is 7. The summed E-state index contributed by atoms with van der Waals surface area (Å²) in [5, 5.41) is 14.9. The average Bonchev–Trinajstić information content (AvgIpc) is 1.65. The van der Waals surface area contributed by atoms with E-state index in [1.807, 2.05) is 20.8 Å². The molecule has 3 aliphatic rings. The summed E-state index contributed by atoms with van der Waals surface area (Å²) in [6.07, 6.45) is 26.5. The van der Waals surface area contributed by atoms with E-state index in [1.54, 1.807) is 12.1 Å². The van der Waals surface area contributed by atoms with E-state index < -0.39 is 101 Å². The number of nitrogen functional groups attached to an aromatic ring is 2. The van der Waals surface area contributed by atoms with Crippen molar-refractivity contribution in [3.05, 3.63) is 114 Å². The summed E-state index contributed by atoms with van der Waals surface area (Å²) in [7, 11) is -5.46. The van der Waals surface area contributed by atoms with E-state index in [-0.39, 0.29) is 101 Å². The van der Waals surface area contributed by atoms with Crippen LogP contribution in [0.4, 0.5) is 28.8 Å². The molecule has 3 saturated carbocycles. The van der Waals surface area contributed by atoms with Crippen LogP contribution in [0.15, 0.2) is 96.9 Å². The van der Waals surface area contributed by atoms with Crippen LogP contribution in [0.1, 0.15) is 208 Å². The fraction of sp³-hybridized carbons (Fsp3) is 0.519. The number of fused-ring (bicyclic) bond motifs is 1. The highest BCUT2D eigenvalue weighted by atomic mass is 32.2. The van der Waals surface area contributed by atoms with Crippen LogP contribution in [0.25, 0.3) is 10.2 Å². The molecule has 10 N–H and O–H groups in total. The molecule has 117 heavy (non-hydrogen) atoms. The fourth-order valence-corrected chi connectivity index (χ4v) is 19.2. The van der Waals surface area contributed by atoms with Crippen molar-refractivity contribution in [1.82, 2.24) is 29.8 Å². The third-order valence-corrected chi connectivity index (χ3v) is 25.3. The van der Waals surface area contributed by atoms with E-state index in [1.165, 1.54) is 118 Å². The van der Waals surface area contributed by atoms with Crippen LogP contribution in [0.2, 0.25) is 0 Å². The Morgan fingerprint density at radius 3 is 1.23 bits per heavy atom. The number of anilines is 5. The smallest absolute Gasteiger partial charge is 0.350 e. The zero-order valence-electron chi connectivity index (χ0n) is 65.8. The monoisotopic (exact) mass is 1750 g/mol. The Morgan fingerprint density at radius 1 is 0.487 bits per heavy atom. The molecular weight excluding hydrogens is 1640 g/mol. The van der Waals surface area contributed by atoms with Crippen molar-refractivity contribution in [3.8, 4) is 0 Å². The Morgan fingerprint density at radius 2 is 0.855 bits per heavy atom. The summed E-state index contributed by atoms with van der Waals surface area (Å²) in [6.45, 7) is 7.10. The van der Waals surface area contributed by atoms with E-state index in [0.29, 0.717) is 56.4 Å². The standard InChI is InChI=1S/C23H26N4O6S2.C22H28N4O6S2.C16H23N3O3.C7H9NO4S2.C7H16O3.2CH4/c1-33-23(30)15-8-9-18(24-11-15)26-21(28)16(10-14-6-4-3-5-7-14)27-13-25-19-17(35(2,31)32)12-34-20(19)22(27)29;1-32-22(29)14-8-9-17(24-11-14)26-20(27)15(10-13-6-4-3-5-7-13)25-21(28)19-18(23)16(12-33-19)34(2,30)31;1-22-16(21)12-7-8-14(18-10-12)19-15(20)13(17)9-11-5-3-2-4-6-11;1-12-7(9)6-5(8)4(3-13-6)14(2,10)11;1-4-8-7(9-5-2)10-6-3;;/h8-9,11-14,16H,3-7,10H2,1-2H3,(H,24,26,28);8-9,11-13,15H,3-7,10,23H2,1-2H3,(H,25,28)(H,24,26,27);7-8,10-11,13H,2-6,9,17H2,1H3,(H,18,19,20);3H,8H2,1-2H3;7H,4-6H2,1-3H3;2*1H4. The van der Waals surface area contributed by atoms with E-state index in [0.717, 1.165) is 130 Å². The van der Waals surface area contributed by atoms with Gasteiger partial charge in [-0.15, -0.1) is 34.0 Å². The third-order valence-electron chi connectivity index (χ3n) is 18.5. The van der Waals surface area contributed by atoms with Gasteiger partial charge in [0.05, 0.1) is 68.9 Å². The first-order chi connectivity index (χ1) is 54.6. The molecule has 0 bridgehead atoms. The van der Waals surface area contributed by atoms with Gasteiger partial charge in [-0.25, -0.2) is 64.4 Å². The molecule has 7 aromatic heterocycles. The maximum atomic E-state index is 13.4. The maximum absolute atomic E-state index is 13.4. The summed E-state index contributed by atoms with van der Waals surface area (Å²) >= 11 is 2.88. The molecule has 34 nitrogen and oxygen atoms in total. The molecule has 0 aliphatic heterocycles. The molecule has 4 amide bonds. The molecule has 0 spiro atoms. The fourth-order valence-electron chi connectivity index (χ4n) is 12.6. The number of aromatic nitrogens is 5. The predicted octanol–water partition coefficient (Wildman–Crippen LogP) is 11.1. The first-order valence-electron chi connectivity index (χ1n) is 37.0. The quantitative estimate of drug-likeness (QED) is 0.0136. The van der Waals surface area contributed by atoms with Gasteiger partial charge in [0.25, 0.3) is 17.9 Å². The molecule has 3 atom stereocenters. The minimum Gasteiger partial charge on any atom is -0.465 e. The van der Waals surface area contributed by atoms with Gasteiger partial charge in [0.15, 0.2) is 29.5 Å². The second-order valence-corrected chi connectivity index (χ2v) is 35.6. The Labute approximate surface area is 695 Å². The molecule has 646 valence electrons. The molecule has 0 radical (unpaired) electrons. The summed E-state index contributed by atoms with van der Waals surface area (Å²) in [4.78, 5) is 127. The van der Waals surface area contributed by atoms with Crippen molar-refractivity contribution in [3.63, 3.8) is 0 Å². The lowest BCUT2D eigenvalue weighted by atomic mass is 9.84. The van der Waals surface area contributed by atoms with Gasteiger partial charge >= 0.3 is 23.9 Å². The molecule has 0 saturated heterocycles. The highest BCUT2D eigenvalue weighted by Gasteiger charge is 2.33. The number of nitrogens with one attached hydrogen (secondary N) is 4. The number of hydrogen-bond donors (Lipinski definition) is 7. The second kappa shape index (κ2) is 48.6. The molecule has 7 aromatic rings. The summed E-state index contributed by atoms with van der Waals surface area (Å²) in [5.74, 6) is -1.99. The number of carbonyl (C=O) groups excluding carboxylic acids is 8. The number of nitrogens with two attached hydrogens (primary N) is 3. The largest absolute Gasteiger partial charge is 0.465 e. The van der Waals surface area contributed by atoms with E-state index in [9.17, 15) is 68.4 Å². The van der Waals surface area contributed by atoms with Crippen LogP contribution >= 0.6 is 34.0 Å². The van der Waals surface area contributed by atoms with Crippen molar-refractivity contribution in [1.29, 1.82) is 0 Å². The molecule has 7 heterocycles. The number of hydrogen-bond acceptors (Lipinski definition) is 32. The minimum absolute atomic E-state index is 0. The normalized spacial score (nSPS) is 14.6. The molecule has 3 fully saturated rings. The highest BCUT2D eigenvalue weighted by molar-refractivity contribution is 7.91. The van der Waals surface area contributed by atoms with Gasteiger partial charge in [0, 0.05) is 73.3 Å². The molecule has 10 rings (SSSR count). The molecule has 40 heteroatoms. The Hall–Kier alpha value is -9.26. The lowest BCUT2D eigenvalue weighted by Gasteiger charge is -2.27. The lowest BCUT2D eigenvalue weighted by molar-refractivity contribution is -0.282.